The van der Waals surface area contributed by atoms with E-state index in [2.05, 4.69) is 12.2 Å². The van der Waals surface area contributed by atoms with Crippen LogP contribution in [0.5, 0.6) is 5.75 Å². The Bertz CT molecular complexity index is 1370. The number of benzene rings is 3. The van der Waals surface area contributed by atoms with Crippen LogP contribution in [0.25, 0.3) is 11.1 Å². The molecule has 2 amide bonds. The molecule has 1 N–H and O–H groups in total. The topological polar surface area (TPSA) is 61.9 Å². The van der Waals surface area contributed by atoms with Crippen LogP contribution < -0.4 is 10.1 Å². The highest BCUT2D eigenvalue weighted by Gasteiger charge is 2.43. The van der Waals surface area contributed by atoms with Crippen LogP contribution in [0.4, 0.5) is 18.0 Å². The molecule has 6 nitrogen and oxygen atoms in total. The summed E-state index contributed by atoms with van der Waals surface area (Å²) >= 11 is 0. The second kappa shape index (κ2) is 12.3. The van der Waals surface area contributed by atoms with Gasteiger partial charge in [0.1, 0.15) is 12.3 Å². The maximum absolute atomic E-state index is 14.2. The van der Waals surface area contributed by atoms with Crippen LogP contribution in [0.1, 0.15) is 55.2 Å². The van der Waals surface area contributed by atoms with Crippen molar-refractivity contribution in [1.82, 2.24) is 15.3 Å². The van der Waals surface area contributed by atoms with Gasteiger partial charge in [-0.05, 0) is 65.6 Å². The van der Waals surface area contributed by atoms with Crippen molar-refractivity contribution in [2.45, 2.75) is 57.2 Å². The summed E-state index contributed by atoms with van der Waals surface area (Å²) in [6.07, 6.45) is -1.78. The van der Waals surface area contributed by atoms with E-state index < -0.39 is 30.6 Å². The summed E-state index contributed by atoms with van der Waals surface area (Å²) in [5.41, 5.74) is 4.37. The van der Waals surface area contributed by atoms with Crippen molar-refractivity contribution < 1.29 is 27.5 Å². The van der Waals surface area contributed by atoms with Gasteiger partial charge in [-0.3, -0.25) is 9.80 Å². The van der Waals surface area contributed by atoms with Crippen molar-refractivity contribution in [1.29, 1.82) is 0 Å². The minimum absolute atomic E-state index is 0.191. The van der Waals surface area contributed by atoms with Gasteiger partial charge < -0.3 is 10.1 Å². The van der Waals surface area contributed by atoms with Crippen LogP contribution in [0.2, 0.25) is 0 Å². The molecule has 1 heterocycles. The minimum atomic E-state index is -4.58. The Hall–Kier alpha value is -3.85. The Labute approximate surface area is 238 Å². The van der Waals surface area contributed by atoms with Crippen LogP contribution in [0.3, 0.4) is 0 Å². The first kappa shape index (κ1) is 28.7. The summed E-state index contributed by atoms with van der Waals surface area (Å²) in [4.78, 5) is 26.6. The number of nitrogens with zero attached hydrogens (tertiary/aromatic N) is 2. The van der Waals surface area contributed by atoms with Crippen molar-refractivity contribution in [2.75, 3.05) is 19.6 Å². The van der Waals surface area contributed by atoms with Gasteiger partial charge in [-0.15, -0.1) is 0 Å². The number of unbranched alkanes of at least 4 members (excludes halogenated alkanes) is 1. The highest BCUT2D eigenvalue weighted by Crippen LogP contribution is 2.47. The molecule has 0 aromatic heterocycles. The number of rotatable bonds is 8. The second-order valence-electron chi connectivity index (χ2n) is 10.6. The molecule has 0 spiro atoms. The number of carbonyl (C=O) groups excluding carboxylic acids is 2. The van der Waals surface area contributed by atoms with E-state index in [0.717, 1.165) is 52.1 Å². The Morgan fingerprint density at radius 2 is 1.63 bits per heavy atom. The number of hydrogen-bond donors (Lipinski definition) is 1. The third-order valence-corrected chi connectivity index (χ3v) is 7.77. The van der Waals surface area contributed by atoms with E-state index in [1.807, 2.05) is 48.5 Å². The first-order valence-corrected chi connectivity index (χ1v) is 14.1. The molecular weight excluding hydrogens is 531 g/mol. The van der Waals surface area contributed by atoms with E-state index in [0.29, 0.717) is 18.6 Å². The van der Waals surface area contributed by atoms with Crippen molar-refractivity contribution in [3.05, 3.63) is 89.5 Å². The molecule has 3 aromatic rings. The summed E-state index contributed by atoms with van der Waals surface area (Å²) in [5.74, 6) is -0.986. The quantitative estimate of drug-likeness (QED) is 0.330. The fourth-order valence-corrected chi connectivity index (χ4v) is 5.86. The second-order valence-corrected chi connectivity index (χ2v) is 10.6. The normalized spacial score (nSPS) is 17.0. The number of hydrogen-bond acceptors (Lipinski definition) is 4. The third kappa shape index (κ3) is 6.56. The third-order valence-electron chi connectivity index (χ3n) is 7.77. The number of halogens is 3. The minimum Gasteiger partial charge on any atom is -0.410 e. The van der Waals surface area contributed by atoms with Crippen molar-refractivity contribution in [2.24, 2.45) is 0 Å². The molecule has 1 aliphatic heterocycles. The van der Waals surface area contributed by atoms with Gasteiger partial charge in [0.25, 0.3) is 0 Å². The number of carbonyl (C=O) groups is 2. The van der Waals surface area contributed by atoms with E-state index in [1.165, 1.54) is 5.01 Å². The SMILES string of the molecule is CCCCc1cccc2c1C(C(=O)N(CC(F)(F)F)N1CCC(NC(=O)Oc3ccccc3)CC1)c1ccccc1-2. The molecular formula is C32H34F3N3O3. The predicted molar refractivity (Wildman–Crippen MR) is 150 cm³/mol. The van der Waals surface area contributed by atoms with Crippen LogP contribution in [-0.2, 0) is 11.2 Å². The number of piperidine rings is 1. The lowest BCUT2D eigenvalue weighted by Crippen LogP contribution is -2.56. The fraction of sp³-hybridized carbons (Fsp3) is 0.375. The zero-order chi connectivity index (χ0) is 29.0. The first-order chi connectivity index (χ1) is 19.7. The Morgan fingerprint density at radius 3 is 2.34 bits per heavy atom. The summed E-state index contributed by atoms with van der Waals surface area (Å²) in [6, 6.07) is 21.8. The van der Waals surface area contributed by atoms with Crippen molar-refractivity contribution in [3.63, 3.8) is 0 Å². The van der Waals surface area contributed by atoms with Crippen molar-refractivity contribution in [3.8, 4) is 16.9 Å². The summed E-state index contributed by atoms with van der Waals surface area (Å²) < 4.78 is 47.0. The smallest absolute Gasteiger partial charge is 0.410 e. The van der Waals surface area contributed by atoms with Gasteiger partial charge in [0.2, 0.25) is 5.91 Å². The summed E-state index contributed by atoms with van der Waals surface area (Å²) in [7, 11) is 0. The standard InChI is InChI=1S/C32H34F3N3O3/c1-2-3-10-22-11-9-16-26-25-14-7-8-15-27(25)29(28(22)26)30(39)38(21-32(33,34)35)37-19-17-23(18-20-37)36-31(40)41-24-12-5-4-6-13-24/h4-9,11-16,23,29H,2-3,10,17-21H2,1H3,(H,36,40). The number of hydrazine groups is 1. The molecule has 2 aliphatic rings. The lowest BCUT2D eigenvalue weighted by Gasteiger charge is -2.41. The van der Waals surface area contributed by atoms with E-state index in [1.54, 1.807) is 24.3 Å². The predicted octanol–water partition coefficient (Wildman–Crippen LogP) is 6.70. The zero-order valence-electron chi connectivity index (χ0n) is 23.0. The van der Waals surface area contributed by atoms with Crippen LogP contribution in [0.15, 0.2) is 72.8 Å². The maximum atomic E-state index is 14.2. The van der Waals surface area contributed by atoms with Gasteiger partial charge in [-0.2, -0.15) is 13.2 Å². The van der Waals surface area contributed by atoms with E-state index in [4.69, 9.17) is 4.74 Å². The average molecular weight is 566 g/mol. The van der Waals surface area contributed by atoms with Crippen molar-refractivity contribution >= 4 is 12.0 Å². The number of para-hydroxylation sites is 1. The molecule has 5 rings (SSSR count). The van der Waals surface area contributed by atoms with Crippen LogP contribution >= 0.6 is 0 Å². The monoisotopic (exact) mass is 565 g/mol. The molecule has 41 heavy (non-hydrogen) atoms. The van der Waals surface area contributed by atoms with Crippen LogP contribution in [-0.4, -0.2) is 53.9 Å². The highest BCUT2D eigenvalue weighted by molar-refractivity contribution is 5.96. The van der Waals surface area contributed by atoms with E-state index in [-0.39, 0.29) is 19.1 Å². The van der Waals surface area contributed by atoms with E-state index in [9.17, 15) is 22.8 Å². The Kier molecular flexibility index (Phi) is 8.63. The number of alkyl halides is 3. The molecule has 1 fully saturated rings. The Morgan fingerprint density at radius 1 is 0.951 bits per heavy atom. The summed E-state index contributed by atoms with van der Waals surface area (Å²) in [6.45, 7) is 1.10. The number of nitrogens with one attached hydrogen (secondary N) is 1. The zero-order valence-corrected chi connectivity index (χ0v) is 23.0. The molecule has 0 saturated carbocycles. The molecule has 1 unspecified atom stereocenters. The number of amides is 2. The average Bonchev–Trinajstić information content (AvgIpc) is 3.30. The molecule has 9 heteroatoms. The largest absolute Gasteiger partial charge is 0.412 e. The van der Waals surface area contributed by atoms with Crippen LogP contribution in [0, 0.1) is 0 Å². The molecule has 1 saturated heterocycles. The highest BCUT2D eigenvalue weighted by atomic mass is 19.4. The molecule has 3 aromatic carbocycles. The van der Waals surface area contributed by atoms with Gasteiger partial charge >= 0.3 is 12.3 Å². The van der Waals surface area contributed by atoms with E-state index >= 15 is 0 Å². The van der Waals surface area contributed by atoms with Gasteiger partial charge in [0, 0.05) is 19.1 Å². The molecule has 0 bridgehead atoms. The van der Waals surface area contributed by atoms with Gasteiger partial charge in [0.05, 0.1) is 5.92 Å². The Balaban J connectivity index is 1.36. The fourth-order valence-electron chi connectivity index (χ4n) is 5.86. The number of fused-ring (bicyclic) bond motifs is 3. The molecule has 1 atom stereocenters. The lowest BCUT2D eigenvalue weighted by molar-refractivity contribution is -0.194. The van der Waals surface area contributed by atoms with Gasteiger partial charge in [-0.1, -0.05) is 74.0 Å². The number of ether oxygens (including phenoxy) is 1. The number of aryl methyl sites for hydroxylation is 1. The summed E-state index contributed by atoms with van der Waals surface area (Å²) in [5, 5.41) is 5.19. The maximum Gasteiger partial charge on any atom is 0.412 e. The van der Waals surface area contributed by atoms with Gasteiger partial charge in [0.15, 0.2) is 0 Å². The van der Waals surface area contributed by atoms with Gasteiger partial charge in [-0.25, -0.2) is 9.80 Å². The molecule has 0 radical (unpaired) electrons. The first-order valence-electron chi connectivity index (χ1n) is 14.1. The molecule has 216 valence electrons. The molecule has 1 aliphatic carbocycles. The lowest BCUT2D eigenvalue weighted by atomic mass is 9.89.